The van der Waals surface area contributed by atoms with Crippen molar-refractivity contribution in [2.24, 2.45) is 23.0 Å². The molecule has 0 aliphatic carbocycles. The Labute approximate surface area is 218 Å². The lowest BCUT2D eigenvalue weighted by atomic mass is 9.73. The maximum absolute atomic E-state index is 13.2. The fourth-order valence-corrected chi connectivity index (χ4v) is 5.76. The molecule has 8 nitrogen and oxygen atoms in total. The first-order chi connectivity index (χ1) is 16.7. The molecule has 1 aromatic heterocycles. The van der Waals surface area contributed by atoms with E-state index in [9.17, 15) is 19.8 Å². The fraction of sp³-hybridized carbons (Fsp3) is 0.741. The summed E-state index contributed by atoms with van der Waals surface area (Å²) in [4.78, 5) is 30.7. The minimum absolute atomic E-state index is 0.106. The van der Waals surface area contributed by atoms with Crippen LogP contribution in [0.4, 0.5) is 0 Å². The van der Waals surface area contributed by atoms with Crippen LogP contribution in [0.2, 0.25) is 0 Å². The molecule has 0 aromatic carbocycles. The molecule has 4 N–H and O–H groups in total. The van der Waals surface area contributed by atoms with Gasteiger partial charge in [-0.1, -0.05) is 39.7 Å². The van der Waals surface area contributed by atoms with Gasteiger partial charge in [0.1, 0.15) is 18.0 Å². The lowest BCUT2D eigenvalue weighted by Crippen LogP contribution is -2.47. The molecule has 2 aliphatic heterocycles. The quantitative estimate of drug-likeness (QED) is 0.406. The van der Waals surface area contributed by atoms with Gasteiger partial charge >= 0.3 is 5.97 Å². The van der Waals surface area contributed by atoms with Gasteiger partial charge in [-0.05, 0) is 45.6 Å². The number of thiazole rings is 1. The predicted octanol–water partition coefficient (Wildman–Crippen LogP) is 3.41. The summed E-state index contributed by atoms with van der Waals surface area (Å²) in [5, 5.41) is 24.6. The first kappa shape index (κ1) is 28.9. The Bertz CT molecular complexity index is 991. The van der Waals surface area contributed by atoms with E-state index in [0.29, 0.717) is 12.8 Å². The van der Waals surface area contributed by atoms with Gasteiger partial charge in [0.15, 0.2) is 0 Å². The molecule has 3 rings (SSSR count). The minimum atomic E-state index is -1.27. The molecular weight excluding hydrogens is 480 g/mol. The third-order valence-electron chi connectivity index (χ3n) is 8.07. The zero-order valence-electron chi connectivity index (χ0n) is 22.5. The van der Waals surface area contributed by atoms with Crippen molar-refractivity contribution in [1.82, 2.24) is 4.98 Å². The Morgan fingerprint density at radius 2 is 1.94 bits per heavy atom. The number of Topliss-reactive ketones (excluding diaryl/α,β-unsaturated/α-hetero) is 1. The van der Waals surface area contributed by atoms with Gasteiger partial charge in [-0.25, -0.2) is 4.98 Å². The van der Waals surface area contributed by atoms with E-state index in [0.717, 1.165) is 22.7 Å². The molecule has 0 saturated carbocycles. The van der Waals surface area contributed by atoms with Gasteiger partial charge in [0.2, 0.25) is 0 Å². The minimum Gasteiger partial charge on any atom is -0.457 e. The van der Waals surface area contributed by atoms with E-state index in [-0.39, 0.29) is 18.1 Å². The Balaban J connectivity index is 1.88. The van der Waals surface area contributed by atoms with E-state index in [1.54, 1.807) is 32.1 Å². The van der Waals surface area contributed by atoms with E-state index >= 15 is 0 Å². The van der Waals surface area contributed by atoms with Crippen LogP contribution in [0.1, 0.15) is 77.9 Å². The third kappa shape index (κ3) is 6.25. The largest absolute Gasteiger partial charge is 0.457 e. The number of carbonyl (C=O) groups is 2. The van der Waals surface area contributed by atoms with E-state index in [1.165, 1.54) is 0 Å². The number of aryl methyl sites for hydroxylation is 1. The van der Waals surface area contributed by atoms with Crippen molar-refractivity contribution in [3.8, 4) is 0 Å². The molecule has 36 heavy (non-hydrogen) atoms. The summed E-state index contributed by atoms with van der Waals surface area (Å²) in [6, 6.07) is -0.633. The second-order valence-electron chi connectivity index (χ2n) is 11.5. The van der Waals surface area contributed by atoms with Crippen molar-refractivity contribution in [3.05, 3.63) is 21.7 Å². The maximum Gasteiger partial charge on any atom is 0.308 e. The van der Waals surface area contributed by atoms with Crippen LogP contribution in [0, 0.1) is 24.2 Å². The molecule has 2 saturated heterocycles. The summed E-state index contributed by atoms with van der Waals surface area (Å²) >= 11 is 1.54. The molecule has 9 heteroatoms. The second kappa shape index (κ2) is 11.0. The van der Waals surface area contributed by atoms with Gasteiger partial charge < -0.3 is 25.4 Å². The van der Waals surface area contributed by atoms with Gasteiger partial charge in [0.05, 0.1) is 46.4 Å². The summed E-state index contributed by atoms with van der Waals surface area (Å²) in [5.41, 5.74) is 6.47. The summed E-state index contributed by atoms with van der Waals surface area (Å²) in [6.45, 7) is 12.6. The van der Waals surface area contributed by atoms with Crippen molar-refractivity contribution in [1.29, 1.82) is 0 Å². The number of ether oxygens (including phenoxy) is 2. The lowest BCUT2D eigenvalue weighted by Gasteiger charge is -2.34. The highest BCUT2D eigenvalue weighted by molar-refractivity contribution is 7.09. The van der Waals surface area contributed by atoms with Gasteiger partial charge in [-0.15, -0.1) is 11.3 Å². The molecule has 0 radical (unpaired) electrons. The Morgan fingerprint density at radius 3 is 2.56 bits per heavy atom. The molecule has 0 spiro atoms. The number of esters is 1. The maximum atomic E-state index is 13.2. The number of cyclic esters (lactones) is 1. The van der Waals surface area contributed by atoms with E-state index in [2.05, 4.69) is 4.98 Å². The summed E-state index contributed by atoms with van der Waals surface area (Å²) in [7, 11) is 0. The lowest BCUT2D eigenvalue weighted by molar-refractivity contribution is -0.157. The SMILES string of the molecule is CC(=Cc1csc(C)n1)C(N)C1OC(=O)CC(O)C(C)(C)C(=O)C(C)C(O)C(C)CCCC2(C)OC12. The topological polar surface area (TPSA) is 135 Å². The zero-order valence-corrected chi connectivity index (χ0v) is 23.3. The number of fused-ring (bicyclic) bond motifs is 1. The number of aliphatic hydroxyl groups excluding tert-OH is 2. The number of carbonyl (C=O) groups excluding carboxylic acids is 2. The van der Waals surface area contributed by atoms with Crippen LogP contribution in [-0.2, 0) is 19.1 Å². The molecule has 3 heterocycles. The van der Waals surface area contributed by atoms with Crippen LogP contribution in [0.3, 0.4) is 0 Å². The van der Waals surface area contributed by atoms with Crippen molar-refractivity contribution >= 4 is 29.2 Å². The number of hydrogen-bond donors (Lipinski definition) is 3. The van der Waals surface area contributed by atoms with Gasteiger partial charge in [-0.2, -0.15) is 0 Å². The molecule has 1 aromatic rings. The highest BCUT2D eigenvalue weighted by Crippen LogP contribution is 2.45. The molecular formula is C27H42N2O6S. The third-order valence-corrected chi connectivity index (χ3v) is 8.86. The number of aromatic nitrogens is 1. The molecule has 2 aliphatic rings. The number of ketones is 1. The molecule has 202 valence electrons. The van der Waals surface area contributed by atoms with Crippen LogP contribution in [0.25, 0.3) is 6.08 Å². The molecule has 8 unspecified atom stereocenters. The van der Waals surface area contributed by atoms with Gasteiger partial charge in [-0.3, -0.25) is 9.59 Å². The highest BCUT2D eigenvalue weighted by Gasteiger charge is 2.59. The average molecular weight is 523 g/mol. The number of nitrogens with two attached hydrogens (primary N) is 1. The summed E-state index contributed by atoms with van der Waals surface area (Å²) < 4.78 is 12.0. The van der Waals surface area contributed by atoms with E-state index in [4.69, 9.17) is 15.2 Å². The van der Waals surface area contributed by atoms with Crippen LogP contribution < -0.4 is 5.73 Å². The van der Waals surface area contributed by atoms with Crippen molar-refractivity contribution in [3.63, 3.8) is 0 Å². The molecule has 8 atom stereocenters. The predicted molar refractivity (Wildman–Crippen MR) is 139 cm³/mol. The van der Waals surface area contributed by atoms with Crippen molar-refractivity contribution < 1.29 is 29.3 Å². The van der Waals surface area contributed by atoms with Crippen LogP contribution in [0.5, 0.6) is 0 Å². The first-order valence-electron chi connectivity index (χ1n) is 12.8. The van der Waals surface area contributed by atoms with Crippen LogP contribution in [0.15, 0.2) is 11.0 Å². The number of aliphatic hydroxyl groups is 2. The molecule has 2 fully saturated rings. The second-order valence-corrected chi connectivity index (χ2v) is 12.5. The molecule has 0 amide bonds. The number of hydrogen-bond acceptors (Lipinski definition) is 9. The first-order valence-corrected chi connectivity index (χ1v) is 13.7. The van der Waals surface area contributed by atoms with E-state index in [1.807, 2.05) is 39.2 Å². The summed E-state index contributed by atoms with van der Waals surface area (Å²) in [5.74, 6) is -1.70. The fourth-order valence-electron chi connectivity index (χ4n) is 5.19. The van der Waals surface area contributed by atoms with Crippen LogP contribution in [-0.4, -0.2) is 63.0 Å². The Hall–Kier alpha value is -1.65. The van der Waals surface area contributed by atoms with Crippen molar-refractivity contribution in [2.75, 3.05) is 0 Å². The van der Waals surface area contributed by atoms with Gasteiger partial charge in [0.25, 0.3) is 0 Å². The zero-order chi connectivity index (χ0) is 27.0. The Morgan fingerprint density at radius 1 is 1.28 bits per heavy atom. The number of rotatable bonds is 3. The Kier molecular flexibility index (Phi) is 8.83. The monoisotopic (exact) mass is 522 g/mol. The number of epoxide rings is 1. The van der Waals surface area contributed by atoms with Crippen molar-refractivity contribution in [2.45, 2.75) is 110 Å². The van der Waals surface area contributed by atoms with Crippen LogP contribution >= 0.6 is 11.3 Å². The average Bonchev–Trinajstić information content (AvgIpc) is 3.30. The van der Waals surface area contributed by atoms with E-state index < -0.39 is 53.4 Å². The molecule has 0 bridgehead atoms. The normalized spacial score (nSPS) is 37.3. The standard InChI is InChI=1S/C27H42N2O6S/c1-14-9-8-10-27(7)25(35-27)23(21(28)15(2)11-18-13-36-17(4)29-18)34-20(31)12-19(30)26(5,6)24(33)16(3)22(14)32/h11,13-14,16,19,21-23,25,30,32H,8-10,12,28H2,1-7H3. The number of nitrogens with zero attached hydrogens (tertiary/aromatic N) is 1. The summed E-state index contributed by atoms with van der Waals surface area (Å²) in [6.07, 6.45) is 0.464. The highest BCUT2D eigenvalue weighted by atomic mass is 32.1. The smallest absolute Gasteiger partial charge is 0.308 e. The van der Waals surface area contributed by atoms with Gasteiger partial charge in [0, 0.05) is 11.3 Å².